The number of hydrogen-bond donors (Lipinski definition) is 2. The molecule has 5 nitrogen and oxygen atoms in total. The van der Waals surface area contributed by atoms with Gasteiger partial charge in [0.05, 0.1) is 12.1 Å². The van der Waals surface area contributed by atoms with Crippen molar-refractivity contribution in [3.8, 4) is 5.75 Å². The summed E-state index contributed by atoms with van der Waals surface area (Å²) in [5, 5.41) is 5.90. The Morgan fingerprint density at radius 2 is 1.85 bits per heavy atom. The van der Waals surface area contributed by atoms with Crippen LogP contribution in [0.4, 0.5) is 22.4 Å². The van der Waals surface area contributed by atoms with Crippen molar-refractivity contribution in [2.45, 2.75) is 43.0 Å². The number of carbonyl (C=O) groups is 2. The van der Waals surface area contributed by atoms with Crippen molar-refractivity contribution in [3.05, 3.63) is 29.3 Å². The number of esters is 1. The molecular formula is C16H16F4N2O3S. The van der Waals surface area contributed by atoms with Crippen molar-refractivity contribution in [1.29, 1.82) is 0 Å². The van der Waals surface area contributed by atoms with Crippen LogP contribution in [0.1, 0.15) is 25.7 Å². The first-order chi connectivity index (χ1) is 12.4. The van der Waals surface area contributed by atoms with Gasteiger partial charge in [-0.3, -0.25) is 4.79 Å². The lowest BCUT2D eigenvalue weighted by Crippen LogP contribution is -2.36. The second-order valence-corrected chi connectivity index (χ2v) is 7.41. The van der Waals surface area contributed by atoms with Gasteiger partial charge in [0.15, 0.2) is 11.6 Å². The largest absolute Gasteiger partial charge is 0.420 e. The number of benzene rings is 1. The normalized spacial score (nSPS) is 24.2. The molecule has 26 heavy (non-hydrogen) atoms. The zero-order valence-electron chi connectivity index (χ0n) is 13.5. The first kappa shape index (κ1) is 18.8. The highest BCUT2D eigenvalue weighted by Gasteiger charge is 2.42. The molecule has 0 aliphatic carbocycles. The number of hydrogen-bond acceptors (Lipinski definition) is 4. The standard InChI is InChI=1S/C16H16F4N2O3S/c17-7-5-8(18)13(20)15(12(7)19)25-11(23)4-2-1-3-10-14-9(6-26-10)21-16(24)22-14/h5,9-10,14H,1-4,6H2,(H2,21,22,24)/t9-,10-,14-/m1/s1. The van der Waals surface area contributed by atoms with Gasteiger partial charge < -0.3 is 15.4 Å². The van der Waals surface area contributed by atoms with Crippen LogP contribution < -0.4 is 15.4 Å². The van der Waals surface area contributed by atoms with E-state index in [1.54, 1.807) is 11.8 Å². The fourth-order valence-electron chi connectivity index (χ4n) is 3.06. The lowest BCUT2D eigenvalue weighted by atomic mass is 10.0. The molecule has 0 aromatic heterocycles. The summed E-state index contributed by atoms with van der Waals surface area (Å²) in [6, 6.07) is 0.0278. The van der Waals surface area contributed by atoms with Gasteiger partial charge in [-0.15, -0.1) is 0 Å². The van der Waals surface area contributed by atoms with E-state index in [1.165, 1.54) is 0 Å². The molecule has 3 atom stereocenters. The minimum atomic E-state index is -1.74. The Labute approximate surface area is 150 Å². The van der Waals surface area contributed by atoms with Crippen LogP contribution in [0, 0.1) is 23.3 Å². The fraction of sp³-hybridized carbons (Fsp3) is 0.500. The summed E-state index contributed by atoms with van der Waals surface area (Å²) in [5.74, 6) is -8.26. The number of thioether (sulfide) groups is 1. The molecule has 2 aliphatic rings. The average molecular weight is 392 g/mol. The SMILES string of the molecule is O=C1N[C@@H]2[C@@H](CS[C@@H]2CCCCC(=O)Oc2c(F)c(F)cc(F)c2F)N1. The van der Waals surface area contributed by atoms with Crippen molar-refractivity contribution in [2.24, 2.45) is 0 Å². The van der Waals surface area contributed by atoms with E-state index in [0.29, 0.717) is 12.8 Å². The molecule has 10 heteroatoms. The lowest BCUT2D eigenvalue weighted by molar-refractivity contribution is -0.135. The van der Waals surface area contributed by atoms with Crippen LogP contribution in [-0.4, -0.2) is 35.1 Å². The molecule has 0 spiro atoms. The number of nitrogens with one attached hydrogen (secondary N) is 2. The van der Waals surface area contributed by atoms with E-state index in [4.69, 9.17) is 0 Å². The van der Waals surface area contributed by atoms with E-state index in [-0.39, 0.29) is 35.9 Å². The third-order valence-corrected chi connectivity index (χ3v) is 5.85. The molecule has 2 aliphatic heterocycles. The van der Waals surface area contributed by atoms with Crippen molar-refractivity contribution in [3.63, 3.8) is 0 Å². The molecule has 2 fully saturated rings. The van der Waals surface area contributed by atoms with Gasteiger partial charge in [0, 0.05) is 23.5 Å². The van der Waals surface area contributed by atoms with Gasteiger partial charge in [-0.1, -0.05) is 6.42 Å². The van der Waals surface area contributed by atoms with E-state index in [2.05, 4.69) is 15.4 Å². The Hall–Kier alpha value is -1.97. The second-order valence-electron chi connectivity index (χ2n) is 6.14. The van der Waals surface area contributed by atoms with Crippen LogP contribution in [0.25, 0.3) is 0 Å². The molecular weight excluding hydrogens is 376 g/mol. The van der Waals surface area contributed by atoms with Crippen LogP contribution in [-0.2, 0) is 4.79 Å². The molecule has 142 valence electrons. The second kappa shape index (κ2) is 7.73. The van der Waals surface area contributed by atoms with Crippen molar-refractivity contribution in [1.82, 2.24) is 10.6 Å². The third-order valence-electron chi connectivity index (χ3n) is 4.35. The van der Waals surface area contributed by atoms with Crippen LogP contribution in [0.15, 0.2) is 6.07 Å². The number of fused-ring (bicyclic) bond motifs is 1. The maximum Gasteiger partial charge on any atom is 0.315 e. The Kier molecular flexibility index (Phi) is 5.59. The molecule has 2 heterocycles. The summed E-state index contributed by atoms with van der Waals surface area (Å²) < 4.78 is 57.5. The summed E-state index contributed by atoms with van der Waals surface area (Å²) in [4.78, 5) is 23.0. The predicted molar refractivity (Wildman–Crippen MR) is 85.9 cm³/mol. The molecule has 2 N–H and O–H groups in total. The fourth-order valence-corrected chi connectivity index (χ4v) is 4.61. The zero-order chi connectivity index (χ0) is 18.8. The zero-order valence-corrected chi connectivity index (χ0v) is 14.3. The van der Waals surface area contributed by atoms with Crippen LogP contribution in [0.5, 0.6) is 5.75 Å². The highest BCUT2D eigenvalue weighted by molar-refractivity contribution is 8.00. The van der Waals surface area contributed by atoms with Gasteiger partial charge in [-0.25, -0.2) is 13.6 Å². The predicted octanol–water partition coefficient (Wildman–Crippen LogP) is 2.87. The van der Waals surface area contributed by atoms with Crippen molar-refractivity contribution >= 4 is 23.8 Å². The van der Waals surface area contributed by atoms with E-state index < -0.39 is 35.0 Å². The van der Waals surface area contributed by atoms with Gasteiger partial charge in [0.1, 0.15) is 0 Å². The smallest absolute Gasteiger partial charge is 0.315 e. The molecule has 0 unspecified atom stereocenters. The molecule has 2 saturated heterocycles. The van der Waals surface area contributed by atoms with E-state index in [1.807, 2.05) is 0 Å². The van der Waals surface area contributed by atoms with E-state index >= 15 is 0 Å². The van der Waals surface area contributed by atoms with Crippen LogP contribution >= 0.6 is 11.8 Å². The number of carbonyl (C=O) groups excluding carboxylic acids is 2. The van der Waals surface area contributed by atoms with Gasteiger partial charge in [0.25, 0.3) is 0 Å². The first-order valence-electron chi connectivity index (χ1n) is 8.09. The highest BCUT2D eigenvalue weighted by Crippen LogP contribution is 2.33. The number of rotatable bonds is 6. The maximum atomic E-state index is 13.4. The quantitative estimate of drug-likeness (QED) is 0.195. The molecule has 1 aromatic carbocycles. The van der Waals surface area contributed by atoms with E-state index in [0.717, 1.165) is 12.2 Å². The minimum Gasteiger partial charge on any atom is -0.420 e. The summed E-state index contributed by atoms with van der Waals surface area (Å²) in [6.07, 6.45) is 1.62. The minimum absolute atomic E-state index is 0.0468. The van der Waals surface area contributed by atoms with E-state index in [9.17, 15) is 27.2 Å². The molecule has 0 bridgehead atoms. The lowest BCUT2D eigenvalue weighted by Gasteiger charge is -2.16. The summed E-state index contributed by atoms with van der Waals surface area (Å²) >= 11 is 1.73. The van der Waals surface area contributed by atoms with Gasteiger partial charge in [-0.2, -0.15) is 20.5 Å². The topological polar surface area (TPSA) is 67.4 Å². The van der Waals surface area contributed by atoms with Gasteiger partial charge in [0.2, 0.25) is 17.4 Å². The van der Waals surface area contributed by atoms with Gasteiger partial charge in [-0.05, 0) is 12.8 Å². The Bertz CT molecular complexity index is 708. The number of ether oxygens (including phenoxy) is 1. The number of amides is 2. The third kappa shape index (κ3) is 3.89. The van der Waals surface area contributed by atoms with Crippen LogP contribution in [0.3, 0.4) is 0 Å². The average Bonchev–Trinajstić information content (AvgIpc) is 3.13. The number of halogens is 4. The Morgan fingerprint density at radius 3 is 2.54 bits per heavy atom. The van der Waals surface area contributed by atoms with Crippen molar-refractivity contribution in [2.75, 3.05) is 5.75 Å². The summed E-state index contributed by atoms with van der Waals surface area (Å²) in [6.45, 7) is 0. The summed E-state index contributed by atoms with van der Waals surface area (Å²) in [7, 11) is 0. The first-order valence-corrected chi connectivity index (χ1v) is 9.14. The monoisotopic (exact) mass is 392 g/mol. The molecule has 3 rings (SSSR count). The molecule has 0 saturated carbocycles. The highest BCUT2D eigenvalue weighted by atomic mass is 32.2. The molecule has 1 aromatic rings. The Balaban J connectivity index is 1.45. The number of urea groups is 1. The van der Waals surface area contributed by atoms with Crippen molar-refractivity contribution < 1.29 is 31.9 Å². The Morgan fingerprint density at radius 1 is 1.15 bits per heavy atom. The van der Waals surface area contributed by atoms with Crippen LogP contribution in [0.2, 0.25) is 0 Å². The van der Waals surface area contributed by atoms with Gasteiger partial charge >= 0.3 is 12.0 Å². The maximum absolute atomic E-state index is 13.4. The molecule has 0 radical (unpaired) electrons. The molecule has 2 amide bonds. The summed E-state index contributed by atoms with van der Waals surface area (Å²) in [5.41, 5.74) is 0. The number of unbranched alkanes of at least 4 members (excludes halogenated alkanes) is 1.